The molecule has 3 N–H and O–H groups in total. The lowest BCUT2D eigenvalue weighted by Crippen LogP contribution is -2.49. The number of piperidine rings is 1. The third-order valence-corrected chi connectivity index (χ3v) is 4.17. The molecule has 0 aliphatic carbocycles. The number of ether oxygens (including phenoxy) is 1. The van der Waals surface area contributed by atoms with Crippen molar-refractivity contribution in [3.05, 3.63) is 35.4 Å². The van der Waals surface area contributed by atoms with Crippen molar-refractivity contribution in [1.82, 2.24) is 10.8 Å². The molecule has 0 aromatic heterocycles. The molecule has 1 spiro atoms. The highest BCUT2D eigenvalue weighted by Crippen LogP contribution is 2.38. The van der Waals surface area contributed by atoms with E-state index in [9.17, 15) is 9.59 Å². The van der Waals surface area contributed by atoms with Gasteiger partial charge in [0.15, 0.2) is 5.78 Å². The average Bonchev–Trinajstić information content (AvgIpc) is 2.52. The van der Waals surface area contributed by atoms with Gasteiger partial charge in [-0.15, -0.1) is 0 Å². The minimum absolute atomic E-state index is 0.104. The zero-order valence-corrected chi connectivity index (χ0v) is 12.1. The van der Waals surface area contributed by atoms with Gasteiger partial charge in [0.05, 0.1) is 12.0 Å². The van der Waals surface area contributed by atoms with Gasteiger partial charge in [-0.25, -0.2) is 5.48 Å². The quantitative estimate of drug-likeness (QED) is 0.435. The summed E-state index contributed by atoms with van der Waals surface area (Å²) in [5.41, 5.74) is 2.46. The van der Waals surface area contributed by atoms with E-state index in [1.54, 1.807) is 24.3 Å². The summed E-state index contributed by atoms with van der Waals surface area (Å²) >= 11 is 0. The Balaban J connectivity index is 1.87. The zero-order chi connectivity index (χ0) is 15.6. The van der Waals surface area contributed by atoms with Gasteiger partial charge >= 0.3 is 0 Å². The molecule has 0 unspecified atom stereocenters. The molecule has 1 fully saturated rings. The number of rotatable bonds is 2. The molecule has 0 atom stereocenters. The molecule has 1 amide bonds. The first-order chi connectivity index (χ1) is 10.6. The summed E-state index contributed by atoms with van der Waals surface area (Å²) < 4.78 is 6.16. The van der Waals surface area contributed by atoms with E-state index in [2.05, 4.69) is 5.32 Å². The monoisotopic (exact) mass is 302 g/mol. The Morgan fingerprint density at radius 1 is 1.36 bits per heavy atom. The van der Waals surface area contributed by atoms with Crippen LogP contribution in [0.25, 0.3) is 6.08 Å². The molecule has 3 rings (SSSR count). The van der Waals surface area contributed by atoms with Crippen LogP contribution in [0.15, 0.2) is 24.3 Å². The van der Waals surface area contributed by atoms with Gasteiger partial charge in [0, 0.05) is 18.9 Å². The second-order valence-corrected chi connectivity index (χ2v) is 5.70. The van der Waals surface area contributed by atoms with E-state index in [0.717, 1.165) is 31.5 Å². The molecule has 2 heterocycles. The van der Waals surface area contributed by atoms with Gasteiger partial charge in [-0.05, 0) is 36.9 Å². The van der Waals surface area contributed by atoms with Gasteiger partial charge < -0.3 is 10.1 Å². The van der Waals surface area contributed by atoms with Crippen molar-refractivity contribution in [2.24, 2.45) is 0 Å². The number of nitrogens with one attached hydrogen (secondary N) is 2. The van der Waals surface area contributed by atoms with Crippen LogP contribution in [0.4, 0.5) is 0 Å². The van der Waals surface area contributed by atoms with Crippen LogP contribution < -0.4 is 15.5 Å². The number of carbonyl (C=O) groups excluding carboxylic acids is 2. The van der Waals surface area contributed by atoms with Gasteiger partial charge in [0.25, 0.3) is 5.91 Å². The highest BCUT2D eigenvalue weighted by Gasteiger charge is 2.41. The topological polar surface area (TPSA) is 87.7 Å². The van der Waals surface area contributed by atoms with Gasteiger partial charge in [-0.3, -0.25) is 14.8 Å². The first-order valence-corrected chi connectivity index (χ1v) is 7.31. The molecule has 22 heavy (non-hydrogen) atoms. The first kappa shape index (κ1) is 14.7. The van der Waals surface area contributed by atoms with Crippen molar-refractivity contribution in [3.63, 3.8) is 0 Å². The number of carbonyl (C=O) groups is 2. The molecule has 0 radical (unpaired) electrons. The average molecular weight is 302 g/mol. The summed E-state index contributed by atoms with van der Waals surface area (Å²) in [6, 6.07) is 5.24. The van der Waals surface area contributed by atoms with Crippen molar-refractivity contribution in [1.29, 1.82) is 0 Å². The highest BCUT2D eigenvalue weighted by atomic mass is 16.5. The predicted molar refractivity (Wildman–Crippen MR) is 79.8 cm³/mol. The summed E-state index contributed by atoms with van der Waals surface area (Å²) in [6.07, 6.45) is 4.82. The lowest BCUT2D eigenvalue weighted by atomic mass is 9.83. The summed E-state index contributed by atoms with van der Waals surface area (Å²) in [4.78, 5) is 23.4. The lowest BCUT2D eigenvalue weighted by molar-refractivity contribution is -0.124. The Labute approximate surface area is 128 Å². The number of fused-ring (bicyclic) bond motifs is 1. The number of hydroxylamine groups is 1. The normalized spacial score (nSPS) is 19.8. The number of ketones is 1. The van der Waals surface area contributed by atoms with E-state index in [1.807, 2.05) is 0 Å². The third kappa shape index (κ3) is 2.88. The van der Waals surface area contributed by atoms with E-state index in [-0.39, 0.29) is 5.78 Å². The number of amides is 1. The molecule has 1 aromatic rings. The van der Waals surface area contributed by atoms with Gasteiger partial charge in [-0.2, -0.15) is 0 Å². The van der Waals surface area contributed by atoms with E-state index in [1.165, 1.54) is 11.6 Å². The van der Waals surface area contributed by atoms with Crippen LogP contribution in [0.3, 0.4) is 0 Å². The number of benzene rings is 1. The Hall–Kier alpha value is -2.18. The number of hydrogen-bond donors (Lipinski definition) is 3. The maximum atomic E-state index is 12.4. The minimum Gasteiger partial charge on any atom is -0.486 e. The molecular weight excluding hydrogens is 284 g/mol. The Kier molecular flexibility index (Phi) is 3.96. The Bertz CT molecular complexity index is 633. The fraction of sp³-hybridized carbons (Fsp3) is 0.375. The van der Waals surface area contributed by atoms with Crippen LogP contribution in [0.2, 0.25) is 0 Å². The van der Waals surface area contributed by atoms with Crippen molar-refractivity contribution in [2.75, 3.05) is 13.1 Å². The molecule has 6 nitrogen and oxygen atoms in total. The summed E-state index contributed by atoms with van der Waals surface area (Å²) in [6.45, 7) is 1.69. The van der Waals surface area contributed by atoms with Crippen LogP contribution >= 0.6 is 0 Å². The van der Waals surface area contributed by atoms with Gasteiger partial charge in [-0.1, -0.05) is 6.07 Å². The molecule has 1 saturated heterocycles. The molecular formula is C16H18N2O4. The summed E-state index contributed by atoms with van der Waals surface area (Å²) in [5, 5.41) is 11.8. The molecule has 0 bridgehead atoms. The van der Waals surface area contributed by atoms with Crippen LogP contribution in [-0.4, -0.2) is 35.6 Å². The number of hydrogen-bond acceptors (Lipinski definition) is 5. The maximum Gasteiger partial charge on any atom is 0.267 e. The molecule has 2 aliphatic rings. The second-order valence-electron chi connectivity index (χ2n) is 5.70. The summed E-state index contributed by atoms with van der Waals surface area (Å²) in [5.74, 6) is 0.0704. The van der Waals surface area contributed by atoms with Crippen molar-refractivity contribution >= 4 is 17.8 Å². The van der Waals surface area contributed by atoms with Crippen LogP contribution in [0, 0.1) is 0 Å². The molecule has 1 aromatic carbocycles. The zero-order valence-electron chi connectivity index (χ0n) is 12.1. The number of Topliss-reactive ketones (excluding diaryl/α,β-unsaturated/α-hetero) is 1. The highest BCUT2D eigenvalue weighted by molar-refractivity contribution is 6.00. The van der Waals surface area contributed by atoms with Crippen LogP contribution in [0.1, 0.15) is 35.2 Å². The smallest absolute Gasteiger partial charge is 0.267 e. The fourth-order valence-corrected chi connectivity index (χ4v) is 2.98. The summed E-state index contributed by atoms with van der Waals surface area (Å²) in [7, 11) is 0. The van der Waals surface area contributed by atoms with E-state index >= 15 is 0 Å². The molecule has 6 heteroatoms. The standard InChI is InChI=1S/C16H18N2O4/c19-13-10-16(5-7-17-8-6-16)22-14-9-11(1-3-12(13)14)2-4-15(20)18-21/h1-4,9,17,21H,5-8,10H2,(H,18,20). The van der Waals surface area contributed by atoms with Crippen LogP contribution in [0.5, 0.6) is 5.75 Å². The second kappa shape index (κ2) is 5.90. The van der Waals surface area contributed by atoms with Crippen molar-refractivity contribution in [2.45, 2.75) is 24.9 Å². The minimum atomic E-state index is -0.607. The van der Waals surface area contributed by atoms with Crippen LogP contribution in [-0.2, 0) is 4.79 Å². The van der Waals surface area contributed by atoms with Gasteiger partial charge in [0.1, 0.15) is 11.4 Å². The van der Waals surface area contributed by atoms with Gasteiger partial charge in [0.2, 0.25) is 0 Å². The van der Waals surface area contributed by atoms with E-state index in [4.69, 9.17) is 9.94 Å². The molecule has 116 valence electrons. The fourth-order valence-electron chi connectivity index (χ4n) is 2.98. The predicted octanol–water partition coefficient (Wildman–Crippen LogP) is 1.29. The lowest BCUT2D eigenvalue weighted by Gasteiger charge is -2.40. The van der Waals surface area contributed by atoms with Crippen molar-refractivity contribution < 1.29 is 19.5 Å². The molecule has 0 saturated carbocycles. The first-order valence-electron chi connectivity index (χ1n) is 7.31. The Morgan fingerprint density at radius 2 is 2.14 bits per heavy atom. The van der Waals surface area contributed by atoms with E-state index < -0.39 is 11.5 Å². The van der Waals surface area contributed by atoms with E-state index in [0.29, 0.717) is 17.7 Å². The molecule has 2 aliphatic heterocycles. The SMILES string of the molecule is O=C(C=Cc1ccc2c(c1)OC1(CCNCC1)CC2=O)NO. The van der Waals surface area contributed by atoms with Crippen molar-refractivity contribution in [3.8, 4) is 5.75 Å². The third-order valence-electron chi connectivity index (χ3n) is 4.17. The Morgan fingerprint density at radius 3 is 2.86 bits per heavy atom. The largest absolute Gasteiger partial charge is 0.486 e. The maximum absolute atomic E-state index is 12.4.